The van der Waals surface area contributed by atoms with Gasteiger partial charge in [0.05, 0.1) is 5.69 Å². The number of rotatable bonds is 4. The SMILES string of the molecule is Fc1ccc(CSc2nc(-c3ccc(Cl)cc3)cc(C(F)(F)F)n2)cc1. The summed E-state index contributed by atoms with van der Waals surface area (Å²) in [5.74, 6) is -0.0548. The van der Waals surface area contributed by atoms with E-state index < -0.39 is 11.9 Å². The quantitative estimate of drug-likeness (QED) is 0.295. The Labute approximate surface area is 156 Å². The Kier molecular flexibility index (Phi) is 5.48. The summed E-state index contributed by atoms with van der Waals surface area (Å²) in [6.07, 6.45) is -4.59. The molecule has 3 rings (SSSR count). The number of thioether (sulfide) groups is 1. The van der Waals surface area contributed by atoms with Gasteiger partial charge in [0.2, 0.25) is 0 Å². The summed E-state index contributed by atoms with van der Waals surface area (Å²) in [5.41, 5.74) is 0.404. The molecule has 0 fully saturated rings. The largest absolute Gasteiger partial charge is 0.433 e. The van der Waals surface area contributed by atoms with Crippen LogP contribution in [-0.2, 0) is 11.9 Å². The van der Waals surface area contributed by atoms with Crippen molar-refractivity contribution >= 4 is 23.4 Å². The van der Waals surface area contributed by atoms with Crippen molar-refractivity contribution in [2.75, 3.05) is 0 Å². The molecule has 8 heteroatoms. The van der Waals surface area contributed by atoms with Crippen molar-refractivity contribution in [3.8, 4) is 11.3 Å². The van der Waals surface area contributed by atoms with Crippen LogP contribution in [0.25, 0.3) is 11.3 Å². The molecule has 134 valence electrons. The lowest BCUT2D eigenvalue weighted by atomic mass is 10.1. The fraction of sp³-hybridized carbons (Fsp3) is 0.111. The van der Waals surface area contributed by atoms with E-state index in [1.807, 2.05) is 0 Å². The molecule has 0 aliphatic carbocycles. The van der Waals surface area contributed by atoms with Crippen molar-refractivity contribution in [2.45, 2.75) is 17.1 Å². The van der Waals surface area contributed by atoms with Crippen LogP contribution in [0.2, 0.25) is 5.02 Å². The molecule has 0 amide bonds. The summed E-state index contributed by atoms with van der Waals surface area (Å²) < 4.78 is 52.5. The number of halogens is 5. The molecule has 0 unspecified atom stereocenters. The van der Waals surface area contributed by atoms with Crippen molar-refractivity contribution in [3.63, 3.8) is 0 Å². The molecule has 3 aromatic rings. The van der Waals surface area contributed by atoms with Gasteiger partial charge in [-0.15, -0.1) is 0 Å². The van der Waals surface area contributed by atoms with Gasteiger partial charge in [-0.1, -0.05) is 47.6 Å². The summed E-state index contributed by atoms with van der Waals surface area (Å²) in [4.78, 5) is 7.82. The summed E-state index contributed by atoms with van der Waals surface area (Å²) in [5, 5.41) is 0.471. The zero-order chi connectivity index (χ0) is 18.7. The predicted octanol–water partition coefficient (Wildman–Crippen LogP) is 6.25. The van der Waals surface area contributed by atoms with E-state index in [4.69, 9.17) is 11.6 Å². The van der Waals surface area contributed by atoms with Crippen molar-refractivity contribution < 1.29 is 17.6 Å². The number of benzene rings is 2. The predicted molar refractivity (Wildman–Crippen MR) is 93.4 cm³/mol. The highest BCUT2D eigenvalue weighted by molar-refractivity contribution is 7.98. The van der Waals surface area contributed by atoms with E-state index in [1.165, 1.54) is 12.1 Å². The Balaban J connectivity index is 1.92. The standard InChI is InChI=1S/C18H11ClF4N2S/c19-13-5-3-12(4-6-13)15-9-16(18(21,22)23)25-17(24-15)26-10-11-1-7-14(20)8-2-11/h1-9H,10H2. The first-order valence-corrected chi connectivity index (χ1v) is 8.77. The van der Waals surface area contributed by atoms with Crippen LogP contribution in [0.4, 0.5) is 17.6 Å². The zero-order valence-corrected chi connectivity index (χ0v) is 14.7. The number of nitrogens with zero attached hydrogens (tertiary/aromatic N) is 2. The van der Waals surface area contributed by atoms with E-state index in [1.54, 1.807) is 36.4 Å². The monoisotopic (exact) mass is 398 g/mol. The van der Waals surface area contributed by atoms with Crippen LogP contribution in [0, 0.1) is 5.82 Å². The summed E-state index contributed by atoms with van der Waals surface area (Å²) >= 11 is 6.87. The van der Waals surface area contributed by atoms with Gasteiger partial charge in [-0.3, -0.25) is 0 Å². The molecule has 0 saturated heterocycles. The van der Waals surface area contributed by atoms with Gasteiger partial charge in [0.15, 0.2) is 5.16 Å². The van der Waals surface area contributed by atoms with Gasteiger partial charge in [0.25, 0.3) is 0 Å². The van der Waals surface area contributed by atoms with Gasteiger partial charge >= 0.3 is 6.18 Å². The van der Waals surface area contributed by atoms with Gasteiger partial charge in [0, 0.05) is 16.3 Å². The highest BCUT2D eigenvalue weighted by Gasteiger charge is 2.33. The molecule has 0 aliphatic rings. The third-order valence-corrected chi connectivity index (χ3v) is 4.59. The highest BCUT2D eigenvalue weighted by Crippen LogP contribution is 2.33. The van der Waals surface area contributed by atoms with Gasteiger partial charge in [-0.2, -0.15) is 13.2 Å². The highest BCUT2D eigenvalue weighted by atomic mass is 35.5. The topological polar surface area (TPSA) is 25.8 Å². The molecule has 2 aromatic carbocycles. The third kappa shape index (κ3) is 4.74. The average Bonchev–Trinajstić information content (AvgIpc) is 2.61. The van der Waals surface area contributed by atoms with Crippen molar-refractivity contribution in [1.82, 2.24) is 9.97 Å². The van der Waals surface area contributed by atoms with Crippen molar-refractivity contribution in [2.24, 2.45) is 0 Å². The molecule has 0 bridgehead atoms. The first kappa shape index (κ1) is 18.7. The fourth-order valence-corrected chi connectivity index (χ4v) is 3.07. The number of hydrogen-bond acceptors (Lipinski definition) is 3. The third-order valence-electron chi connectivity index (χ3n) is 3.42. The van der Waals surface area contributed by atoms with Crippen LogP contribution in [-0.4, -0.2) is 9.97 Å². The maximum atomic E-state index is 13.2. The average molecular weight is 399 g/mol. The summed E-state index contributed by atoms with van der Waals surface area (Å²) in [7, 11) is 0. The number of aromatic nitrogens is 2. The Morgan fingerprint density at radius 2 is 1.58 bits per heavy atom. The molecule has 0 atom stereocenters. The molecule has 1 aromatic heterocycles. The lowest BCUT2D eigenvalue weighted by Crippen LogP contribution is -2.10. The van der Waals surface area contributed by atoms with E-state index in [0.717, 1.165) is 23.4 Å². The number of alkyl halides is 3. The normalized spacial score (nSPS) is 11.6. The minimum absolute atomic E-state index is 0.00546. The van der Waals surface area contributed by atoms with Crippen LogP contribution >= 0.6 is 23.4 Å². The van der Waals surface area contributed by atoms with E-state index in [0.29, 0.717) is 16.3 Å². The lowest BCUT2D eigenvalue weighted by Gasteiger charge is -2.10. The van der Waals surface area contributed by atoms with Crippen LogP contribution in [0.3, 0.4) is 0 Å². The first-order chi connectivity index (χ1) is 12.3. The Morgan fingerprint density at radius 1 is 0.923 bits per heavy atom. The van der Waals surface area contributed by atoms with E-state index in [2.05, 4.69) is 9.97 Å². The molecule has 0 spiro atoms. The van der Waals surface area contributed by atoms with E-state index >= 15 is 0 Å². The fourth-order valence-electron chi connectivity index (χ4n) is 2.13. The second-order valence-electron chi connectivity index (χ2n) is 5.34. The van der Waals surface area contributed by atoms with Crippen LogP contribution in [0.1, 0.15) is 11.3 Å². The second kappa shape index (κ2) is 7.63. The van der Waals surface area contributed by atoms with Gasteiger partial charge < -0.3 is 0 Å². The summed E-state index contributed by atoms with van der Waals surface area (Å²) in [6, 6.07) is 13.0. The number of hydrogen-bond donors (Lipinski definition) is 0. The molecular weight excluding hydrogens is 388 g/mol. The van der Waals surface area contributed by atoms with Crippen molar-refractivity contribution in [3.05, 3.63) is 76.7 Å². The van der Waals surface area contributed by atoms with Crippen LogP contribution < -0.4 is 0 Å². The lowest BCUT2D eigenvalue weighted by molar-refractivity contribution is -0.141. The van der Waals surface area contributed by atoms with E-state index in [-0.39, 0.29) is 16.7 Å². The minimum Gasteiger partial charge on any atom is -0.222 e. The maximum absolute atomic E-state index is 13.2. The Bertz CT molecular complexity index is 897. The van der Waals surface area contributed by atoms with Crippen molar-refractivity contribution in [1.29, 1.82) is 0 Å². The molecule has 26 heavy (non-hydrogen) atoms. The molecule has 0 saturated carbocycles. The van der Waals surface area contributed by atoms with E-state index in [9.17, 15) is 17.6 Å². The molecule has 0 N–H and O–H groups in total. The van der Waals surface area contributed by atoms with Crippen LogP contribution in [0.5, 0.6) is 0 Å². The molecule has 2 nitrogen and oxygen atoms in total. The molecule has 0 aliphatic heterocycles. The van der Waals surface area contributed by atoms with Gasteiger partial charge in [-0.25, -0.2) is 14.4 Å². The second-order valence-corrected chi connectivity index (χ2v) is 6.72. The minimum atomic E-state index is -4.59. The van der Waals surface area contributed by atoms with Crippen LogP contribution in [0.15, 0.2) is 59.8 Å². The Morgan fingerprint density at radius 3 is 2.19 bits per heavy atom. The van der Waals surface area contributed by atoms with Gasteiger partial charge in [0.1, 0.15) is 11.5 Å². The zero-order valence-electron chi connectivity index (χ0n) is 13.1. The first-order valence-electron chi connectivity index (χ1n) is 7.41. The molecule has 1 heterocycles. The van der Waals surface area contributed by atoms with Gasteiger partial charge in [-0.05, 0) is 35.9 Å². The summed E-state index contributed by atoms with van der Waals surface area (Å²) in [6.45, 7) is 0. The molecular formula is C18H11ClF4N2S. The maximum Gasteiger partial charge on any atom is 0.433 e. The smallest absolute Gasteiger partial charge is 0.222 e. The Hall–Kier alpha value is -2.12. The molecule has 0 radical (unpaired) electrons.